The van der Waals surface area contributed by atoms with Crippen molar-refractivity contribution in [1.29, 1.82) is 0 Å². The van der Waals surface area contributed by atoms with Gasteiger partial charge in [0.15, 0.2) is 9.84 Å². The maximum Gasteiger partial charge on any atom is 0.291 e. The first-order valence-corrected chi connectivity index (χ1v) is 8.90. The summed E-state index contributed by atoms with van der Waals surface area (Å²) in [5.41, 5.74) is 0.162. The molecule has 0 fully saturated rings. The first-order chi connectivity index (χ1) is 9.81. The van der Waals surface area contributed by atoms with Crippen LogP contribution in [0.1, 0.15) is 32.3 Å². The zero-order chi connectivity index (χ0) is 16.0. The van der Waals surface area contributed by atoms with E-state index in [1.807, 2.05) is 13.8 Å². The lowest BCUT2D eigenvalue weighted by Gasteiger charge is -2.17. The lowest BCUT2D eigenvalue weighted by Crippen LogP contribution is -2.31. The molecule has 0 heterocycles. The summed E-state index contributed by atoms with van der Waals surface area (Å²) in [5, 5.41) is 14.6. The molecular formula is C14H22N2O4S. The standard InChI is InChI=1S/C14H22N2O4S/c1-4-9-15-12(5-2)10-11-7-6-8-13(21(3,19)20)14(11)16(17)18/h6-8,12,15H,4-5,9-10H2,1-3H3. The predicted octanol–water partition coefficient (Wildman–Crippen LogP) is 2.32. The minimum atomic E-state index is -3.62. The molecule has 118 valence electrons. The van der Waals surface area contributed by atoms with Crippen molar-refractivity contribution in [3.8, 4) is 0 Å². The Morgan fingerprint density at radius 1 is 1.33 bits per heavy atom. The van der Waals surface area contributed by atoms with Gasteiger partial charge in [0.25, 0.3) is 5.69 Å². The molecule has 0 bridgehead atoms. The van der Waals surface area contributed by atoms with E-state index in [9.17, 15) is 18.5 Å². The van der Waals surface area contributed by atoms with E-state index in [1.165, 1.54) is 6.07 Å². The number of nitro groups is 1. The summed E-state index contributed by atoms with van der Waals surface area (Å²) in [6, 6.07) is 4.57. The van der Waals surface area contributed by atoms with Gasteiger partial charge < -0.3 is 5.32 Å². The van der Waals surface area contributed by atoms with Crippen LogP contribution < -0.4 is 5.32 Å². The van der Waals surface area contributed by atoms with Crippen LogP contribution in [0.4, 0.5) is 5.69 Å². The number of nitrogens with one attached hydrogen (secondary N) is 1. The SMILES string of the molecule is CCCNC(CC)Cc1cccc(S(C)(=O)=O)c1[N+](=O)[O-]. The van der Waals surface area contributed by atoms with Crippen molar-refractivity contribution in [2.75, 3.05) is 12.8 Å². The zero-order valence-corrected chi connectivity index (χ0v) is 13.4. The Bertz CT molecular complexity index is 599. The molecule has 0 amide bonds. The highest BCUT2D eigenvalue weighted by Crippen LogP contribution is 2.29. The predicted molar refractivity (Wildman–Crippen MR) is 82.3 cm³/mol. The van der Waals surface area contributed by atoms with Gasteiger partial charge in [-0.25, -0.2) is 8.42 Å². The van der Waals surface area contributed by atoms with Crippen molar-refractivity contribution >= 4 is 15.5 Å². The number of nitro benzene ring substituents is 1. The largest absolute Gasteiger partial charge is 0.314 e. The fraction of sp³-hybridized carbons (Fsp3) is 0.571. The van der Waals surface area contributed by atoms with Gasteiger partial charge in [-0.05, 0) is 31.9 Å². The summed E-state index contributed by atoms with van der Waals surface area (Å²) < 4.78 is 23.4. The van der Waals surface area contributed by atoms with Crippen LogP contribution in [0, 0.1) is 10.1 Å². The monoisotopic (exact) mass is 314 g/mol. The Morgan fingerprint density at radius 2 is 2.00 bits per heavy atom. The molecule has 0 saturated carbocycles. The fourth-order valence-electron chi connectivity index (χ4n) is 2.21. The molecule has 0 aliphatic heterocycles. The molecular weight excluding hydrogens is 292 g/mol. The summed E-state index contributed by atoms with van der Waals surface area (Å²) >= 11 is 0. The van der Waals surface area contributed by atoms with Gasteiger partial charge in [0.05, 0.1) is 4.92 Å². The summed E-state index contributed by atoms with van der Waals surface area (Å²) in [7, 11) is -3.62. The smallest absolute Gasteiger partial charge is 0.291 e. The molecule has 0 aromatic heterocycles. The van der Waals surface area contributed by atoms with E-state index in [-0.39, 0.29) is 16.6 Å². The van der Waals surface area contributed by atoms with Crippen LogP contribution in [0.2, 0.25) is 0 Å². The molecule has 0 aliphatic carbocycles. The zero-order valence-electron chi connectivity index (χ0n) is 12.6. The average molecular weight is 314 g/mol. The Kier molecular flexibility index (Phi) is 6.29. The fourth-order valence-corrected chi connectivity index (χ4v) is 3.10. The quantitative estimate of drug-likeness (QED) is 0.587. The number of sulfone groups is 1. The second-order valence-electron chi connectivity index (χ2n) is 5.06. The molecule has 21 heavy (non-hydrogen) atoms. The molecule has 1 unspecified atom stereocenters. The normalized spacial score (nSPS) is 13.1. The summed E-state index contributed by atoms with van der Waals surface area (Å²) in [6.45, 7) is 4.88. The van der Waals surface area contributed by atoms with Gasteiger partial charge in [-0.15, -0.1) is 0 Å². The number of rotatable bonds is 8. The highest BCUT2D eigenvalue weighted by atomic mass is 32.2. The lowest BCUT2D eigenvalue weighted by molar-refractivity contribution is -0.388. The molecule has 0 radical (unpaired) electrons. The first kappa shape index (κ1) is 17.6. The van der Waals surface area contributed by atoms with Crippen molar-refractivity contribution in [2.45, 2.75) is 44.0 Å². The maximum atomic E-state index is 11.7. The number of nitrogens with zero attached hydrogens (tertiary/aromatic N) is 1. The minimum absolute atomic E-state index is 0.0958. The Morgan fingerprint density at radius 3 is 2.48 bits per heavy atom. The Hall–Kier alpha value is -1.47. The van der Waals surface area contributed by atoms with Gasteiger partial charge in [-0.3, -0.25) is 10.1 Å². The summed E-state index contributed by atoms with van der Waals surface area (Å²) in [6.07, 6.45) is 3.23. The molecule has 1 aromatic carbocycles. The van der Waals surface area contributed by atoms with Crippen molar-refractivity contribution in [3.05, 3.63) is 33.9 Å². The van der Waals surface area contributed by atoms with Crippen molar-refractivity contribution < 1.29 is 13.3 Å². The summed E-state index contributed by atoms with van der Waals surface area (Å²) in [4.78, 5) is 10.5. The summed E-state index contributed by atoms with van der Waals surface area (Å²) in [5.74, 6) is 0. The van der Waals surface area contributed by atoms with E-state index < -0.39 is 14.8 Å². The molecule has 1 rings (SSSR count). The minimum Gasteiger partial charge on any atom is -0.314 e. The second kappa shape index (κ2) is 7.51. The van der Waals surface area contributed by atoms with Gasteiger partial charge in [0, 0.05) is 17.9 Å². The maximum absolute atomic E-state index is 11.7. The van der Waals surface area contributed by atoms with E-state index in [2.05, 4.69) is 5.32 Å². The number of benzene rings is 1. The van der Waals surface area contributed by atoms with Crippen LogP contribution in [0.15, 0.2) is 23.1 Å². The Labute approximate surface area is 125 Å². The van der Waals surface area contributed by atoms with Crippen LogP contribution in [-0.2, 0) is 16.3 Å². The highest BCUT2D eigenvalue weighted by Gasteiger charge is 2.26. The van der Waals surface area contributed by atoms with Crippen molar-refractivity contribution in [3.63, 3.8) is 0 Å². The molecule has 1 aromatic rings. The van der Waals surface area contributed by atoms with Crippen molar-refractivity contribution in [2.24, 2.45) is 0 Å². The van der Waals surface area contributed by atoms with E-state index >= 15 is 0 Å². The van der Waals surface area contributed by atoms with E-state index in [0.717, 1.165) is 25.6 Å². The van der Waals surface area contributed by atoms with Crippen LogP contribution in [0.3, 0.4) is 0 Å². The van der Waals surface area contributed by atoms with Gasteiger partial charge >= 0.3 is 0 Å². The van der Waals surface area contributed by atoms with Gasteiger partial charge in [-0.1, -0.05) is 26.0 Å². The second-order valence-corrected chi connectivity index (χ2v) is 7.04. The first-order valence-electron chi connectivity index (χ1n) is 7.00. The molecule has 7 heteroatoms. The van der Waals surface area contributed by atoms with Gasteiger partial charge in [0.2, 0.25) is 0 Å². The van der Waals surface area contributed by atoms with Crippen LogP contribution in [-0.4, -0.2) is 32.2 Å². The van der Waals surface area contributed by atoms with Gasteiger partial charge in [-0.2, -0.15) is 0 Å². The molecule has 1 N–H and O–H groups in total. The van der Waals surface area contributed by atoms with Crippen LogP contribution in [0.5, 0.6) is 0 Å². The molecule has 0 aliphatic rings. The van der Waals surface area contributed by atoms with Gasteiger partial charge in [0.1, 0.15) is 4.90 Å². The molecule has 0 saturated heterocycles. The lowest BCUT2D eigenvalue weighted by atomic mass is 10.0. The van der Waals surface area contributed by atoms with E-state index in [1.54, 1.807) is 12.1 Å². The molecule has 0 spiro atoms. The van der Waals surface area contributed by atoms with E-state index in [0.29, 0.717) is 12.0 Å². The topological polar surface area (TPSA) is 89.3 Å². The number of hydrogen-bond acceptors (Lipinski definition) is 5. The number of para-hydroxylation sites is 1. The third kappa shape index (κ3) is 4.78. The third-order valence-electron chi connectivity index (χ3n) is 3.31. The highest BCUT2D eigenvalue weighted by molar-refractivity contribution is 7.90. The third-order valence-corrected chi connectivity index (χ3v) is 4.44. The van der Waals surface area contributed by atoms with Crippen molar-refractivity contribution in [1.82, 2.24) is 5.32 Å². The molecule has 6 nitrogen and oxygen atoms in total. The molecule has 1 atom stereocenters. The Balaban J connectivity index is 3.21. The van der Waals surface area contributed by atoms with E-state index in [4.69, 9.17) is 0 Å². The van der Waals surface area contributed by atoms with Crippen LogP contribution in [0.25, 0.3) is 0 Å². The van der Waals surface area contributed by atoms with Crippen LogP contribution >= 0.6 is 0 Å². The average Bonchev–Trinajstić information content (AvgIpc) is 2.41. The number of hydrogen-bond donors (Lipinski definition) is 1.